The van der Waals surface area contributed by atoms with E-state index in [9.17, 15) is 0 Å². The van der Waals surface area contributed by atoms with E-state index in [1.807, 2.05) is 0 Å². The summed E-state index contributed by atoms with van der Waals surface area (Å²) in [4.78, 5) is 1.23. The molecule has 0 spiro atoms. The van der Waals surface area contributed by atoms with Crippen LogP contribution >= 0.6 is 27.3 Å². The predicted molar refractivity (Wildman–Crippen MR) is 83.2 cm³/mol. The van der Waals surface area contributed by atoms with Crippen LogP contribution in [0.4, 0.5) is 0 Å². The SMILES string of the molecule is CC(C)c1ccc(CC(N)c2cc(Br)cs2)cc1. The molecule has 0 aliphatic rings. The Morgan fingerprint density at radius 2 is 1.89 bits per heavy atom. The third-order valence-corrected chi connectivity index (χ3v) is 4.88. The number of hydrogen-bond donors (Lipinski definition) is 1. The van der Waals surface area contributed by atoms with E-state index >= 15 is 0 Å². The summed E-state index contributed by atoms with van der Waals surface area (Å²) in [5, 5.41) is 2.08. The fourth-order valence-corrected chi connectivity index (χ4v) is 3.36. The fourth-order valence-electron chi connectivity index (χ4n) is 1.92. The molecule has 3 heteroatoms. The summed E-state index contributed by atoms with van der Waals surface area (Å²) in [7, 11) is 0. The lowest BCUT2D eigenvalue weighted by Crippen LogP contribution is -2.11. The summed E-state index contributed by atoms with van der Waals surface area (Å²) >= 11 is 5.18. The zero-order chi connectivity index (χ0) is 13.1. The summed E-state index contributed by atoms with van der Waals surface area (Å²) in [6.45, 7) is 4.42. The second-order valence-electron chi connectivity index (χ2n) is 4.87. The van der Waals surface area contributed by atoms with E-state index in [0.717, 1.165) is 10.9 Å². The Balaban J connectivity index is 2.05. The monoisotopic (exact) mass is 323 g/mol. The van der Waals surface area contributed by atoms with Gasteiger partial charge in [0.25, 0.3) is 0 Å². The smallest absolute Gasteiger partial charge is 0.0431 e. The van der Waals surface area contributed by atoms with Gasteiger partial charge >= 0.3 is 0 Å². The van der Waals surface area contributed by atoms with Crippen LogP contribution in [0.25, 0.3) is 0 Å². The van der Waals surface area contributed by atoms with Gasteiger partial charge in [-0.25, -0.2) is 0 Å². The average molecular weight is 324 g/mol. The van der Waals surface area contributed by atoms with Crippen molar-refractivity contribution >= 4 is 27.3 Å². The molecule has 2 aromatic rings. The van der Waals surface area contributed by atoms with Gasteiger partial charge in [0.15, 0.2) is 0 Å². The number of hydrogen-bond acceptors (Lipinski definition) is 2. The molecule has 0 radical (unpaired) electrons. The Hall–Kier alpha value is -0.640. The van der Waals surface area contributed by atoms with Gasteiger partial charge in [-0.3, -0.25) is 0 Å². The molecular formula is C15H18BrNS. The Bertz CT molecular complexity index is 501. The van der Waals surface area contributed by atoms with Crippen LogP contribution in [0.5, 0.6) is 0 Å². The van der Waals surface area contributed by atoms with E-state index in [4.69, 9.17) is 5.73 Å². The molecule has 1 aromatic heterocycles. The normalized spacial score (nSPS) is 12.9. The molecule has 0 amide bonds. The summed E-state index contributed by atoms with van der Waals surface area (Å²) in [6.07, 6.45) is 0.894. The highest BCUT2D eigenvalue weighted by atomic mass is 79.9. The highest BCUT2D eigenvalue weighted by Crippen LogP contribution is 2.26. The molecular weight excluding hydrogens is 306 g/mol. The molecule has 0 aliphatic carbocycles. The minimum Gasteiger partial charge on any atom is -0.323 e. The minimum absolute atomic E-state index is 0.0891. The largest absolute Gasteiger partial charge is 0.323 e. The molecule has 0 bridgehead atoms. The van der Waals surface area contributed by atoms with Gasteiger partial charge in [0.2, 0.25) is 0 Å². The van der Waals surface area contributed by atoms with Gasteiger partial charge in [0.05, 0.1) is 0 Å². The van der Waals surface area contributed by atoms with Crippen LogP contribution in [0.15, 0.2) is 40.2 Å². The van der Waals surface area contributed by atoms with E-state index in [1.165, 1.54) is 16.0 Å². The zero-order valence-corrected chi connectivity index (χ0v) is 13.1. The van der Waals surface area contributed by atoms with Crippen molar-refractivity contribution in [2.75, 3.05) is 0 Å². The maximum atomic E-state index is 6.23. The molecule has 96 valence electrons. The van der Waals surface area contributed by atoms with Crippen molar-refractivity contribution in [2.24, 2.45) is 5.73 Å². The quantitative estimate of drug-likeness (QED) is 0.852. The molecule has 2 N–H and O–H groups in total. The van der Waals surface area contributed by atoms with Crippen molar-refractivity contribution in [1.82, 2.24) is 0 Å². The first-order valence-electron chi connectivity index (χ1n) is 6.14. The number of rotatable bonds is 4. The topological polar surface area (TPSA) is 26.0 Å². The zero-order valence-electron chi connectivity index (χ0n) is 10.7. The second-order valence-corrected chi connectivity index (χ2v) is 6.73. The summed E-state index contributed by atoms with van der Waals surface area (Å²) in [6, 6.07) is 11.0. The average Bonchev–Trinajstić information content (AvgIpc) is 2.76. The van der Waals surface area contributed by atoms with Crippen LogP contribution in [0.1, 0.15) is 41.8 Å². The molecule has 0 aliphatic heterocycles. The number of halogens is 1. The van der Waals surface area contributed by atoms with Gasteiger partial charge in [-0.15, -0.1) is 11.3 Å². The molecule has 1 unspecified atom stereocenters. The molecule has 0 fully saturated rings. The molecule has 1 heterocycles. The number of benzene rings is 1. The summed E-state index contributed by atoms with van der Waals surface area (Å²) in [5.41, 5.74) is 8.91. The van der Waals surface area contributed by atoms with Crippen LogP contribution in [0.2, 0.25) is 0 Å². The van der Waals surface area contributed by atoms with E-state index in [0.29, 0.717) is 5.92 Å². The van der Waals surface area contributed by atoms with Crippen molar-refractivity contribution in [2.45, 2.75) is 32.2 Å². The van der Waals surface area contributed by atoms with Crippen LogP contribution < -0.4 is 5.73 Å². The molecule has 1 nitrogen and oxygen atoms in total. The van der Waals surface area contributed by atoms with E-state index in [1.54, 1.807) is 11.3 Å². The van der Waals surface area contributed by atoms with Crippen molar-refractivity contribution in [3.05, 3.63) is 56.2 Å². The minimum atomic E-state index is 0.0891. The highest BCUT2D eigenvalue weighted by Gasteiger charge is 2.09. The lowest BCUT2D eigenvalue weighted by molar-refractivity contribution is 0.735. The number of thiophene rings is 1. The molecule has 0 saturated heterocycles. The van der Waals surface area contributed by atoms with Crippen LogP contribution in [-0.2, 0) is 6.42 Å². The van der Waals surface area contributed by atoms with Crippen molar-refractivity contribution < 1.29 is 0 Å². The Morgan fingerprint density at radius 3 is 2.39 bits per heavy atom. The molecule has 2 rings (SSSR count). The number of nitrogens with two attached hydrogens (primary N) is 1. The lowest BCUT2D eigenvalue weighted by Gasteiger charge is -2.11. The van der Waals surface area contributed by atoms with Crippen molar-refractivity contribution in [3.8, 4) is 0 Å². The molecule has 1 atom stereocenters. The first kappa shape index (κ1) is 13.8. The summed E-state index contributed by atoms with van der Waals surface area (Å²) in [5.74, 6) is 0.584. The Kier molecular flexibility index (Phi) is 4.60. The first-order valence-corrected chi connectivity index (χ1v) is 7.82. The second kappa shape index (κ2) is 6.00. The maximum Gasteiger partial charge on any atom is 0.0431 e. The maximum absolute atomic E-state index is 6.23. The first-order chi connectivity index (χ1) is 8.56. The van der Waals surface area contributed by atoms with Crippen molar-refractivity contribution in [3.63, 3.8) is 0 Å². The molecule has 18 heavy (non-hydrogen) atoms. The van der Waals surface area contributed by atoms with Gasteiger partial charge in [0.1, 0.15) is 0 Å². The van der Waals surface area contributed by atoms with E-state index in [2.05, 4.69) is 65.5 Å². The van der Waals surface area contributed by atoms with Crippen LogP contribution in [-0.4, -0.2) is 0 Å². The fraction of sp³-hybridized carbons (Fsp3) is 0.333. The molecule has 0 saturated carbocycles. The van der Waals surface area contributed by atoms with Crippen LogP contribution in [0, 0.1) is 0 Å². The third-order valence-electron chi connectivity index (χ3n) is 3.06. The molecule has 1 aromatic carbocycles. The predicted octanol–water partition coefficient (Wildman–Crippen LogP) is 4.88. The van der Waals surface area contributed by atoms with Crippen molar-refractivity contribution in [1.29, 1.82) is 0 Å². The van der Waals surface area contributed by atoms with Gasteiger partial charge < -0.3 is 5.73 Å². The Labute approximate surface area is 121 Å². The third kappa shape index (κ3) is 3.44. The van der Waals surface area contributed by atoms with Crippen LogP contribution in [0.3, 0.4) is 0 Å². The lowest BCUT2D eigenvalue weighted by atomic mass is 9.99. The van der Waals surface area contributed by atoms with Gasteiger partial charge in [0, 0.05) is 20.8 Å². The van der Waals surface area contributed by atoms with Gasteiger partial charge in [-0.1, -0.05) is 38.1 Å². The van der Waals surface area contributed by atoms with E-state index in [-0.39, 0.29) is 6.04 Å². The highest BCUT2D eigenvalue weighted by molar-refractivity contribution is 9.10. The van der Waals surface area contributed by atoms with Gasteiger partial charge in [-0.05, 0) is 45.5 Å². The van der Waals surface area contributed by atoms with Gasteiger partial charge in [-0.2, -0.15) is 0 Å². The standard InChI is InChI=1S/C15H18BrNS/c1-10(2)12-5-3-11(4-6-12)7-14(17)15-8-13(16)9-18-15/h3-6,8-10,14H,7,17H2,1-2H3. The van der Waals surface area contributed by atoms with E-state index < -0.39 is 0 Å². The summed E-state index contributed by atoms with van der Waals surface area (Å²) < 4.78 is 1.12. The Morgan fingerprint density at radius 1 is 1.22 bits per heavy atom.